The van der Waals surface area contributed by atoms with Crippen molar-refractivity contribution < 1.29 is 30.3 Å². The van der Waals surface area contributed by atoms with E-state index in [0.717, 1.165) is 17.0 Å². The molecule has 0 bridgehead atoms. The highest BCUT2D eigenvalue weighted by Gasteiger charge is 2.40. The van der Waals surface area contributed by atoms with Crippen LogP contribution < -0.4 is 4.90 Å². The minimum Gasteiger partial charge on any atom is -0.311 e. The third kappa shape index (κ3) is 3.17. The average molecular weight is 325 g/mol. The summed E-state index contributed by atoms with van der Waals surface area (Å²) in [5.74, 6) is -0.719. The van der Waals surface area contributed by atoms with E-state index in [9.17, 15) is 30.3 Å². The van der Waals surface area contributed by atoms with Gasteiger partial charge in [-0.05, 0) is 24.6 Å². The predicted molar refractivity (Wildman–Crippen MR) is 67.0 cm³/mol. The Kier molecular flexibility index (Phi) is 3.73. The van der Waals surface area contributed by atoms with Gasteiger partial charge in [0.1, 0.15) is 5.25 Å². The van der Waals surface area contributed by atoms with E-state index in [2.05, 4.69) is 0 Å². The Morgan fingerprint density at radius 1 is 1.29 bits per heavy atom. The van der Waals surface area contributed by atoms with E-state index >= 15 is 0 Å². The molecular formula is C12H11F4NO3S. The summed E-state index contributed by atoms with van der Waals surface area (Å²) in [4.78, 5) is 12.6. The number of carbonyl (C=O) groups excluding carboxylic acids is 1. The molecule has 21 heavy (non-hydrogen) atoms. The predicted octanol–water partition coefficient (Wildman–Crippen LogP) is 2.42. The van der Waals surface area contributed by atoms with E-state index in [1.807, 2.05) is 0 Å². The Balaban J connectivity index is 2.41. The zero-order valence-electron chi connectivity index (χ0n) is 10.8. The summed E-state index contributed by atoms with van der Waals surface area (Å²) in [6.45, 7) is 1.000. The summed E-state index contributed by atoms with van der Waals surface area (Å²) >= 11 is 0. The molecule has 1 unspecified atom stereocenters. The smallest absolute Gasteiger partial charge is 0.311 e. The van der Waals surface area contributed by atoms with Crippen molar-refractivity contribution in [3.05, 3.63) is 29.3 Å². The molecule has 1 atom stereocenters. The van der Waals surface area contributed by atoms with E-state index in [4.69, 9.17) is 0 Å². The van der Waals surface area contributed by atoms with Crippen LogP contribution in [0.2, 0.25) is 0 Å². The van der Waals surface area contributed by atoms with Gasteiger partial charge in [-0.2, -0.15) is 21.6 Å². The zero-order chi connectivity index (χ0) is 16.0. The van der Waals surface area contributed by atoms with Crippen molar-refractivity contribution in [2.75, 3.05) is 11.4 Å². The molecule has 116 valence electrons. The second-order valence-electron chi connectivity index (χ2n) is 4.81. The van der Waals surface area contributed by atoms with Crippen LogP contribution in [0.15, 0.2) is 18.2 Å². The summed E-state index contributed by atoms with van der Waals surface area (Å²) < 4.78 is 72.7. The molecule has 1 heterocycles. The summed E-state index contributed by atoms with van der Waals surface area (Å²) in [6, 6.07) is 2.81. The first-order valence-corrected chi connectivity index (χ1v) is 7.36. The maximum Gasteiger partial charge on any atom is 0.416 e. The Morgan fingerprint density at radius 3 is 2.38 bits per heavy atom. The molecule has 1 aliphatic heterocycles. The molecule has 0 radical (unpaired) electrons. The van der Waals surface area contributed by atoms with Crippen molar-refractivity contribution >= 4 is 21.8 Å². The highest BCUT2D eigenvalue weighted by Crippen LogP contribution is 2.35. The molecule has 0 saturated carbocycles. The number of alkyl halides is 3. The van der Waals surface area contributed by atoms with Gasteiger partial charge in [0.25, 0.3) is 0 Å². The van der Waals surface area contributed by atoms with Crippen LogP contribution in [0.1, 0.15) is 17.5 Å². The van der Waals surface area contributed by atoms with Gasteiger partial charge in [0.05, 0.1) is 5.56 Å². The SMILES string of the molecule is Cc1ccc(C(F)(F)F)cc1N1CC(S(=O)(=O)F)CC1=O. The lowest BCUT2D eigenvalue weighted by atomic mass is 10.1. The van der Waals surface area contributed by atoms with Crippen LogP contribution in [0.4, 0.5) is 22.7 Å². The van der Waals surface area contributed by atoms with Crippen molar-refractivity contribution in [1.82, 2.24) is 0 Å². The van der Waals surface area contributed by atoms with Gasteiger partial charge in [0.15, 0.2) is 0 Å². The minimum absolute atomic E-state index is 0.0547. The number of hydrogen-bond acceptors (Lipinski definition) is 3. The molecule has 1 aliphatic rings. The van der Waals surface area contributed by atoms with Crippen LogP contribution in [-0.2, 0) is 21.2 Å². The standard InChI is InChI=1S/C12H11F4NO3S/c1-7-2-3-8(12(13,14)15)4-10(7)17-6-9(5-11(17)18)21(16,19)20/h2-4,9H,5-6H2,1H3. The van der Waals surface area contributed by atoms with Crippen molar-refractivity contribution in [2.24, 2.45) is 0 Å². The Bertz CT molecular complexity index is 684. The van der Waals surface area contributed by atoms with Crippen LogP contribution in [-0.4, -0.2) is 26.1 Å². The van der Waals surface area contributed by atoms with E-state index in [-0.39, 0.29) is 5.69 Å². The Hall–Kier alpha value is -1.64. The average Bonchev–Trinajstić information content (AvgIpc) is 2.70. The second-order valence-corrected chi connectivity index (χ2v) is 6.42. The number of carbonyl (C=O) groups is 1. The van der Waals surface area contributed by atoms with Crippen molar-refractivity contribution in [3.8, 4) is 0 Å². The Morgan fingerprint density at radius 2 is 1.90 bits per heavy atom. The van der Waals surface area contributed by atoms with E-state index in [1.165, 1.54) is 13.0 Å². The van der Waals surface area contributed by atoms with Crippen molar-refractivity contribution in [2.45, 2.75) is 24.8 Å². The fourth-order valence-electron chi connectivity index (χ4n) is 2.17. The van der Waals surface area contributed by atoms with Gasteiger partial charge in [-0.15, -0.1) is 3.89 Å². The monoisotopic (exact) mass is 325 g/mol. The molecule has 1 aromatic rings. The van der Waals surface area contributed by atoms with E-state index < -0.39 is 46.1 Å². The summed E-state index contributed by atoms with van der Waals surface area (Å²) in [5.41, 5.74) is -0.642. The number of benzene rings is 1. The van der Waals surface area contributed by atoms with Crippen LogP contribution in [0.5, 0.6) is 0 Å². The molecule has 0 N–H and O–H groups in total. The fraction of sp³-hybridized carbons (Fsp3) is 0.417. The third-order valence-corrected chi connectivity index (χ3v) is 4.43. The number of aryl methyl sites for hydroxylation is 1. The van der Waals surface area contributed by atoms with Gasteiger partial charge in [0.2, 0.25) is 5.91 Å². The van der Waals surface area contributed by atoms with Gasteiger partial charge < -0.3 is 4.90 Å². The molecule has 0 aromatic heterocycles. The summed E-state index contributed by atoms with van der Waals surface area (Å²) in [5, 5.41) is -1.54. The van der Waals surface area contributed by atoms with E-state index in [1.54, 1.807) is 0 Å². The van der Waals surface area contributed by atoms with Gasteiger partial charge in [-0.1, -0.05) is 6.07 Å². The minimum atomic E-state index is -4.91. The normalized spacial score (nSPS) is 20.1. The number of halogens is 4. The first kappa shape index (κ1) is 15.7. The Labute approximate surface area is 118 Å². The van der Waals surface area contributed by atoms with E-state index in [0.29, 0.717) is 5.56 Å². The molecule has 1 amide bonds. The van der Waals surface area contributed by atoms with Gasteiger partial charge >= 0.3 is 16.4 Å². The lowest BCUT2D eigenvalue weighted by molar-refractivity contribution is -0.137. The molecule has 1 aromatic carbocycles. The van der Waals surface area contributed by atoms with Gasteiger partial charge in [0, 0.05) is 18.7 Å². The molecule has 2 rings (SSSR count). The lowest BCUT2D eigenvalue weighted by Gasteiger charge is -2.20. The first-order valence-electron chi connectivity index (χ1n) is 5.92. The largest absolute Gasteiger partial charge is 0.416 e. The number of nitrogens with zero attached hydrogens (tertiary/aromatic N) is 1. The molecule has 1 saturated heterocycles. The highest BCUT2D eigenvalue weighted by atomic mass is 32.3. The maximum absolute atomic E-state index is 12.9. The second kappa shape index (κ2) is 4.97. The molecule has 0 aliphatic carbocycles. The topological polar surface area (TPSA) is 54.5 Å². The quantitative estimate of drug-likeness (QED) is 0.620. The molecule has 1 fully saturated rings. The molecule has 0 spiro atoms. The third-order valence-electron chi connectivity index (χ3n) is 3.31. The van der Waals surface area contributed by atoms with Crippen LogP contribution in [0, 0.1) is 6.92 Å². The van der Waals surface area contributed by atoms with Gasteiger partial charge in [-0.25, -0.2) is 0 Å². The lowest BCUT2D eigenvalue weighted by Crippen LogP contribution is -2.28. The number of rotatable bonds is 2. The first-order chi connectivity index (χ1) is 9.50. The van der Waals surface area contributed by atoms with Crippen molar-refractivity contribution in [1.29, 1.82) is 0 Å². The number of hydrogen-bond donors (Lipinski definition) is 0. The number of anilines is 1. The number of amides is 1. The van der Waals surface area contributed by atoms with Crippen molar-refractivity contribution in [3.63, 3.8) is 0 Å². The summed E-state index contributed by atoms with van der Waals surface area (Å²) in [6.07, 6.45) is -5.16. The molecule has 9 heteroatoms. The summed E-state index contributed by atoms with van der Waals surface area (Å²) in [7, 11) is -4.91. The van der Waals surface area contributed by atoms with Gasteiger partial charge in [-0.3, -0.25) is 4.79 Å². The fourth-order valence-corrected chi connectivity index (χ4v) is 2.84. The maximum atomic E-state index is 12.9. The van der Waals surface area contributed by atoms with Crippen LogP contribution in [0.3, 0.4) is 0 Å². The molecule has 4 nitrogen and oxygen atoms in total. The van der Waals surface area contributed by atoms with Crippen LogP contribution in [0.25, 0.3) is 0 Å². The zero-order valence-corrected chi connectivity index (χ0v) is 11.6. The van der Waals surface area contributed by atoms with Crippen LogP contribution >= 0.6 is 0 Å². The molecular weight excluding hydrogens is 314 g/mol. The highest BCUT2D eigenvalue weighted by molar-refractivity contribution is 7.87.